The first kappa shape index (κ1) is 15.2. The van der Waals surface area contributed by atoms with E-state index in [2.05, 4.69) is 64.8 Å². The summed E-state index contributed by atoms with van der Waals surface area (Å²) >= 11 is 0. The number of rotatable bonds is 5. The smallest absolute Gasteiger partial charge is 0.0473 e. The van der Waals surface area contributed by atoms with Crippen molar-refractivity contribution in [1.82, 2.24) is 4.90 Å². The molecule has 0 aliphatic rings. The van der Waals surface area contributed by atoms with Crippen LogP contribution < -0.4 is 5.73 Å². The molecule has 1 aromatic rings. The Kier molecular flexibility index (Phi) is 5.36. The number of aryl methyl sites for hydroxylation is 2. The van der Waals surface area contributed by atoms with Crippen LogP contribution in [0.2, 0.25) is 0 Å². The van der Waals surface area contributed by atoms with Gasteiger partial charge in [-0.1, -0.05) is 37.6 Å². The molecule has 1 rings (SSSR count). The van der Waals surface area contributed by atoms with Crippen LogP contribution in [0.3, 0.4) is 0 Å². The van der Waals surface area contributed by atoms with Crippen molar-refractivity contribution in [3.63, 3.8) is 0 Å². The summed E-state index contributed by atoms with van der Waals surface area (Å²) < 4.78 is 0. The van der Waals surface area contributed by atoms with Crippen molar-refractivity contribution < 1.29 is 0 Å². The fraction of sp³-hybridized carbons (Fsp3) is 0.625. The Morgan fingerprint density at radius 2 is 1.78 bits per heavy atom. The minimum Gasteiger partial charge on any atom is -0.329 e. The molecule has 0 fully saturated rings. The van der Waals surface area contributed by atoms with Gasteiger partial charge in [-0.15, -0.1) is 0 Å². The zero-order valence-electron chi connectivity index (χ0n) is 12.7. The predicted octanol–water partition coefficient (Wildman–Crippen LogP) is 3.28. The van der Waals surface area contributed by atoms with Crippen LogP contribution in [0.15, 0.2) is 18.2 Å². The van der Waals surface area contributed by atoms with Crippen molar-refractivity contribution in [2.45, 2.75) is 46.7 Å². The molecule has 1 aromatic carbocycles. The highest BCUT2D eigenvalue weighted by Gasteiger charge is 2.23. The lowest BCUT2D eigenvalue weighted by atomic mass is 9.95. The molecular weight excluding hydrogens is 220 g/mol. The van der Waals surface area contributed by atoms with Crippen molar-refractivity contribution in [2.24, 2.45) is 11.7 Å². The van der Waals surface area contributed by atoms with E-state index in [4.69, 9.17) is 5.73 Å². The lowest BCUT2D eigenvalue weighted by Gasteiger charge is -2.35. The highest BCUT2D eigenvalue weighted by molar-refractivity contribution is 5.33. The molecule has 2 N–H and O–H groups in total. The Hall–Kier alpha value is -0.860. The normalized spacial score (nSPS) is 15.2. The highest BCUT2D eigenvalue weighted by atomic mass is 15.2. The van der Waals surface area contributed by atoms with Gasteiger partial charge in [-0.3, -0.25) is 4.90 Å². The van der Waals surface area contributed by atoms with Gasteiger partial charge >= 0.3 is 0 Å². The van der Waals surface area contributed by atoms with Crippen molar-refractivity contribution >= 4 is 0 Å². The lowest BCUT2D eigenvalue weighted by Crippen LogP contribution is -2.40. The number of hydrogen-bond donors (Lipinski definition) is 1. The highest BCUT2D eigenvalue weighted by Crippen LogP contribution is 2.26. The van der Waals surface area contributed by atoms with Gasteiger partial charge in [0.1, 0.15) is 0 Å². The minimum atomic E-state index is 0.308. The topological polar surface area (TPSA) is 29.3 Å². The van der Waals surface area contributed by atoms with Crippen molar-refractivity contribution in [3.8, 4) is 0 Å². The molecule has 0 spiro atoms. The Morgan fingerprint density at radius 1 is 1.17 bits per heavy atom. The van der Waals surface area contributed by atoms with E-state index in [9.17, 15) is 0 Å². The number of likely N-dealkylation sites (N-methyl/N-ethyl adjacent to an activating group) is 1. The van der Waals surface area contributed by atoms with Crippen LogP contribution in [0, 0.1) is 19.8 Å². The van der Waals surface area contributed by atoms with Gasteiger partial charge in [0.25, 0.3) is 0 Å². The summed E-state index contributed by atoms with van der Waals surface area (Å²) in [5.41, 5.74) is 10.0. The molecule has 0 aliphatic carbocycles. The summed E-state index contributed by atoms with van der Waals surface area (Å²) in [7, 11) is 2.18. The maximum Gasteiger partial charge on any atom is 0.0473 e. The molecule has 0 bridgehead atoms. The van der Waals surface area contributed by atoms with E-state index in [1.54, 1.807) is 0 Å². The summed E-state index contributed by atoms with van der Waals surface area (Å²) in [5, 5.41) is 0. The van der Waals surface area contributed by atoms with Gasteiger partial charge in [0, 0.05) is 18.6 Å². The van der Waals surface area contributed by atoms with E-state index in [1.807, 2.05) is 0 Å². The van der Waals surface area contributed by atoms with E-state index >= 15 is 0 Å². The van der Waals surface area contributed by atoms with Gasteiger partial charge in [-0.25, -0.2) is 0 Å². The second-order valence-corrected chi connectivity index (χ2v) is 5.76. The third-order valence-electron chi connectivity index (χ3n) is 4.12. The van der Waals surface area contributed by atoms with Crippen LogP contribution in [0.4, 0.5) is 0 Å². The molecule has 0 aliphatic heterocycles. The summed E-state index contributed by atoms with van der Waals surface area (Å²) in [6.45, 7) is 11.8. The van der Waals surface area contributed by atoms with Crippen LogP contribution in [0.5, 0.6) is 0 Å². The van der Waals surface area contributed by atoms with Crippen LogP contribution in [-0.2, 0) is 0 Å². The zero-order chi connectivity index (χ0) is 13.9. The minimum absolute atomic E-state index is 0.308. The average molecular weight is 248 g/mol. The van der Waals surface area contributed by atoms with Crippen molar-refractivity contribution in [3.05, 3.63) is 34.9 Å². The molecule has 18 heavy (non-hydrogen) atoms. The quantitative estimate of drug-likeness (QED) is 0.866. The fourth-order valence-electron chi connectivity index (χ4n) is 2.39. The Labute approximate surface area is 112 Å². The molecule has 2 unspecified atom stereocenters. The number of nitrogens with zero attached hydrogens (tertiary/aromatic N) is 1. The van der Waals surface area contributed by atoms with Crippen LogP contribution in [0.1, 0.15) is 43.5 Å². The second-order valence-electron chi connectivity index (χ2n) is 5.76. The Bertz CT molecular complexity index is 385. The van der Waals surface area contributed by atoms with E-state index in [0.29, 0.717) is 24.5 Å². The first-order valence-electron chi connectivity index (χ1n) is 6.87. The summed E-state index contributed by atoms with van der Waals surface area (Å²) in [6.07, 6.45) is 0. The molecule has 0 heterocycles. The Balaban J connectivity index is 3.05. The Morgan fingerprint density at radius 3 is 2.28 bits per heavy atom. The molecule has 0 amide bonds. The average Bonchev–Trinajstić information content (AvgIpc) is 2.33. The number of hydrogen-bond acceptors (Lipinski definition) is 2. The van der Waals surface area contributed by atoms with Gasteiger partial charge in [0.2, 0.25) is 0 Å². The van der Waals surface area contributed by atoms with Gasteiger partial charge < -0.3 is 5.73 Å². The third-order valence-corrected chi connectivity index (χ3v) is 4.12. The van der Waals surface area contributed by atoms with Crippen molar-refractivity contribution in [1.29, 1.82) is 0 Å². The summed E-state index contributed by atoms with van der Waals surface area (Å²) in [5.74, 6) is 0.633. The molecule has 2 atom stereocenters. The van der Waals surface area contributed by atoms with E-state index < -0.39 is 0 Å². The van der Waals surface area contributed by atoms with Crippen LogP contribution in [-0.4, -0.2) is 24.5 Å². The maximum absolute atomic E-state index is 6.02. The molecule has 0 saturated carbocycles. The van der Waals surface area contributed by atoms with Gasteiger partial charge in [0.15, 0.2) is 0 Å². The van der Waals surface area contributed by atoms with Gasteiger partial charge in [-0.2, -0.15) is 0 Å². The molecule has 0 aromatic heterocycles. The van der Waals surface area contributed by atoms with Crippen LogP contribution in [0.25, 0.3) is 0 Å². The molecule has 0 radical (unpaired) electrons. The number of nitrogens with two attached hydrogens (primary N) is 1. The largest absolute Gasteiger partial charge is 0.329 e. The summed E-state index contributed by atoms with van der Waals surface area (Å²) in [6, 6.07) is 7.47. The van der Waals surface area contributed by atoms with Crippen molar-refractivity contribution in [2.75, 3.05) is 13.6 Å². The van der Waals surface area contributed by atoms with E-state index in [-0.39, 0.29) is 0 Å². The summed E-state index contributed by atoms with van der Waals surface area (Å²) in [4.78, 5) is 2.41. The van der Waals surface area contributed by atoms with Crippen LogP contribution >= 0.6 is 0 Å². The van der Waals surface area contributed by atoms with E-state index in [1.165, 1.54) is 16.7 Å². The predicted molar refractivity (Wildman–Crippen MR) is 79.8 cm³/mol. The maximum atomic E-state index is 6.02. The molecule has 2 heteroatoms. The zero-order valence-corrected chi connectivity index (χ0v) is 12.7. The van der Waals surface area contributed by atoms with Gasteiger partial charge in [-0.05, 0) is 44.9 Å². The fourth-order valence-corrected chi connectivity index (χ4v) is 2.39. The molecule has 2 nitrogen and oxygen atoms in total. The first-order chi connectivity index (χ1) is 8.38. The van der Waals surface area contributed by atoms with Gasteiger partial charge in [0.05, 0.1) is 0 Å². The molecule has 0 saturated heterocycles. The number of benzene rings is 1. The standard InChI is InChI=1S/C16H28N2/c1-11(2)14(5)18(6)16(10-17)15-9-12(3)7-8-13(15)4/h7-9,11,14,16H,10,17H2,1-6H3. The molecule has 102 valence electrons. The molecular formula is C16H28N2. The lowest BCUT2D eigenvalue weighted by molar-refractivity contribution is 0.151. The SMILES string of the molecule is Cc1ccc(C)c(C(CN)N(C)C(C)C(C)C)c1. The second kappa shape index (κ2) is 6.35. The monoisotopic (exact) mass is 248 g/mol. The van der Waals surface area contributed by atoms with E-state index in [0.717, 1.165) is 0 Å². The third kappa shape index (κ3) is 3.33. The first-order valence-corrected chi connectivity index (χ1v) is 6.87.